The van der Waals surface area contributed by atoms with Crippen LogP contribution in [-0.2, 0) is 4.84 Å². The van der Waals surface area contributed by atoms with E-state index in [0.717, 1.165) is 5.71 Å². The van der Waals surface area contributed by atoms with E-state index < -0.39 is 11.4 Å². The number of hydrogen-bond donors (Lipinski definition) is 2. The van der Waals surface area contributed by atoms with Gasteiger partial charge in [0.1, 0.15) is 18.5 Å². The van der Waals surface area contributed by atoms with Crippen LogP contribution in [0.5, 0.6) is 0 Å². The zero-order valence-electron chi connectivity index (χ0n) is 16.4. The van der Waals surface area contributed by atoms with E-state index in [1.807, 2.05) is 11.8 Å². The third kappa shape index (κ3) is 3.21. The molecule has 0 aliphatic carbocycles. The van der Waals surface area contributed by atoms with Crippen LogP contribution >= 0.6 is 11.3 Å². The Morgan fingerprint density at radius 3 is 2.90 bits per heavy atom. The molecule has 0 radical (unpaired) electrons. The lowest BCUT2D eigenvalue weighted by atomic mass is 9.88. The molecular weight excluding hydrogens is 408 g/mol. The summed E-state index contributed by atoms with van der Waals surface area (Å²) in [5, 5.41) is 16.1. The van der Waals surface area contributed by atoms with Crippen molar-refractivity contribution < 1.29 is 14.7 Å². The second-order valence-electron chi connectivity index (χ2n) is 7.24. The lowest BCUT2D eigenvalue weighted by Gasteiger charge is -2.23. The van der Waals surface area contributed by atoms with E-state index in [-0.39, 0.29) is 16.4 Å². The first-order chi connectivity index (χ1) is 14.4. The predicted octanol–water partition coefficient (Wildman–Crippen LogP) is 1.33. The number of anilines is 1. The van der Waals surface area contributed by atoms with Crippen LogP contribution in [0.3, 0.4) is 0 Å². The minimum atomic E-state index is -1.30. The lowest BCUT2D eigenvalue weighted by molar-refractivity contribution is 0.0695. The first kappa shape index (κ1) is 20.0. The van der Waals surface area contributed by atoms with E-state index in [4.69, 9.17) is 15.6 Å². The van der Waals surface area contributed by atoms with Crippen molar-refractivity contribution >= 4 is 39.9 Å². The number of carboxylic acids is 1. The maximum absolute atomic E-state index is 12.7. The Labute approximate surface area is 175 Å². The molecule has 0 spiro atoms. The maximum atomic E-state index is 12.7. The Kier molecular flexibility index (Phi) is 5.00. The van der Waals surface area contributed by atoms with Crippen LogP contribution in [0.25, 0.3) is 16.2 Å². The van der Waals surface area contributed by atoms with Crippen LogP contribution < -0.4 is 16.1 Å². The van der Waals surface area contributed by atoms with Gasteiger partial charge in [-0.15, -0.1) is 11.3 Å². The highest BCUT2D eigenvalue weighted by Crippen LogP contribution is 2.31. The van der Waals surface area contributed by atoms with Crippen molar-refractivity contribution in [1.29, 1.82) is 0 Å². The van der Waals surface area contributed by atoms with Gasteiger partial charge in [0.05, 0.1) is 17.6 Å². The predicted molar refractivity (Wildman–Crippen MR) is 114 cm³/mol. The number of aromatic nitrogens is 3. The van der Waals surface area contributed by atoms with Gasteiger partial charge in [0, 0.05) is 36.3 Å². The molecule has 10 nitrogen and oxygen atoms in total. The van der Waals surface area contributed by atoms with Crippen LogP contribution in [0.1, 0.15) is 17.3 Å². The Morgan fingerprint density at radius 2 is 2.27 bits per heavy atom. The summed E-state index contributed by atoms with van der Waals surface area (Å²) in [6.45, 7) is 3.47. The zero-order valence-corrected chi connectivity index (χ0v) is 17.2. The molecule has 1 aliphatic heterocycles. The number of aromatic carboxylic acids is 1. The van der Waals surface area contributed by atoms with E-state index >= 15 is 0 Å². The maximum Gasteiger partial charge on any atom is 0.341 e. The Hall–Kier alpha value is -3.31. The summed E-state index contributed by atoms with van der Waals surface area (Å²) in [5.74, 6) is -0.675. The number of pyridine rings is 2. The molecule has 0 bridgehead atoms. The number of nitrogens with zero attached hydrogens (tertiary/aromatic N) is 5. The molecule has 3 N–H and O–H groups in total. The van der Waals surface area contributed by atoms with Gasteiger partial charge in [0.15, 0.2) is 10.8 Å². The van der Waals surface area contributed by atoms with E-state index in [0.29, 0.717) is 36.2 Å². The van der Waals surface area contributed by atoms with Crippen molar-refractivity contribution in [3.8, 4) is 5.13 Å². The number of fused-ring (bicyclic) bond motifs is 1. The van der Waals surface area contributed by atoms with Gasteiger partial charge in [-0.2, -0.15) is 0 Å². The zero-order chi connectivity index (χ0) is 21.5. The SMILES string of the molecule is CO/N=C1/CN(c2ccc3c(=O)c(C(=O)O)cn(-c4nccs4)c3n2)CC1(C)CN. The van der Waals surface area contributed by atoms with Gasteiger partial charge in [-0.1, -0.05) is 12.1 Å². The lowest BCUT2D eigenvalue weighted by Crippen LogP contribution is -2.35. The molecule has 1 fully saturated rings. The van der Waals surface area contributed by atoms with Crippen molar-refractivity contribution in [3.05, 3.63) is 45.7 Å². The molecule has 3 aromatic rings. The number of oxime groups is 1. The number of hydrogen-bond acceptors (Lipinski definition) is 9. The van der Waals surface area contributed by atoms with Gasteiger partial charge in [-0.05, 0) is 12.1 Å². The van der Waals surface area contributed by atoms with Crippen LogP contribution in [0.4, 0.5) is 5.82 Å². The molecule has 156 valence electrons. The smallest absolute Gasteiger partial charge is 0.341 e. The first-order valence-corrected chi connectivity index (χ1v) is 10.0. The summed E-state index contributed by atoms with van der Waals surface area (Å²) >= 11 is 1.32. The minimum Gasteiger partial charge on any atom is -0.477 e. The van der Waals surface area contributed by atoms with Gasteiger partial charge in [0.2, 0.25) is 5.43 Å². The van der Waals surface area contributed by atoms with Crippen LogP contribution in [-0.4, -0.2) is 58.1 Å². The fraction of sp³-hybridized carbons (Fsp3) is 0.316. The third-order valence-corrected chi connectivity index (χ3v) is 6.02. The van der Waals surface area contributed by atoms with E-state index in [2.05, 4.69) is 10.1 Å². The Bertz CT molecular complexity index is 1210. The monoisotopic (exact) mass is 428 g/mol. The number of nitrogens with two attached hydrogens (primary N) is 1. The summed E-state index contributed by atoms with van der Waals surface area (Å²) in [4.78, 5) is 40.2. The highest BCUT2D eigenvalue weighted by Gasteiger charge is 2.40. The molecule has 4 heterocycles. The number of rotatable bonds is 5. The van der Waals surface area contributed by atoms with Crippen molar-refractivity contribution in [3.63, 3.8) is 0 Å². The summed E-state index contributed by atoms with van der Waals surface area (Å²) in [5.41, 5.74) is 5.85. The quantitative estimate of drug-likeness (QED) is 0.581. The third-order valence-electron chi connectivity index (χ3n) is 5.24. The Balaban J connectivity index is 1.88. The largest absolute Gasteiger partial charge is 0.477 e. The van der Waals surface area contributed by atoms with E-state index in [1.165, 1.54) is 29.2 Å². The van der Waals surface area contributed by atoms with Gasteiger partial charge in [-0.25, -0.2) is 14.8 Å². The average Bonchev–Trinajstić information content (AvgIpc) is 3.37. The summed E-state index contributed by atoms with van der Waals surface area (Å²) in [6.07, 6.45) is 2.88. The second-order valence-corrected chi connectivity index (χ2v) is 8.12. The summed E-state index contributed by atoms with van der Waals surface area (Å²) < 4.78 is 1.54. The minimum absolute atomic E-state index is 0.209. The van der Waals surface area contributed by atoms with Gasteiger partial charge in [0.25, 0.3) is 0 Å². The molecule has 0 saturated carbocycles. The molecular formula is C19H20N6O4S. The molecule has 11 heteroatoms. The van der Waals surface area contributed by atoms with Crippen molar-refractivity contribution in [1.82, 2.24) is 14.5 Å². The fourth-order valence-corrected chi connectivity index (χ4v) is 4.15. The molecule has 1 saturated heterocycles. The van der Waals surface area contributed by atoms with Gasteiger partial charge in [-0.3, -0.25) is 9.36 Å². The molecule has 1 unspecified atom stereocenters. The number of thiazole rings is 1. The molecule has 0 amide bonds. The highest BCUT2D eigenvalue weighted by atomic mass is 32.1. The number of carboxylic acid groups (broad SMARTS) is 1. The summed E-state index contributed by atoms with van der Waals surface area (Å²) in [6, 6.07) is 3.30. The molecule has 1 atom stereocenters. The highest BCUT2D eigenvalue weighted by molar-refractivity contribution is 7.12. The average molecular weight is 428 g/mol. The normalized spacial score (nSPS) is 20.2. The van der Waals surface area contributed by atoms with Gasteiger partial charge >= 0.3 is 5.97 Å². The van der Waals surface area contributed by atoms with Crippen molar-refractivity contribution in [2.75, 3.05) is 31.6 Å². The molecule has 4 rings (SSSR count). The fourth-order valence-electron chi connectivity index (χ4n) is 3.54. The van der Waals surface area contributed by atoms with Crippen LogP contribution in [0.15, 0.2) is 39.9 Å². The second kappa shape index (κ2) is 7.50. The molecule has 30 heavy (non-hydrogen) atoms. The Morgan fingerprint density at radius 1 is 1.47 bits per heavy atom. The van der Waals surface area contributed by atoms with Crippen molar-refractivity contribution in [2.45, 2.75) is 6.92 Å². The number of carbonyl (C=O) groups is 1. The molecule has 0 aromatic carbocycles. The molecule has 1 aliphatic rings. The standard InChI is InChI=1S/C19H20N6O4S/c1-19(9-20)10-24(8-13(19)23-29-2)14-4-3-11-15(26)12(17(27)28)7-25(16(11)22-14)18-21-5-6-30-18/h3-7H,8-10,20H2,1-2H3,(H,27,28)/b23-13-. The van der Waals surface area contributed by atoms with Crippen LogP contribution in [0, 0.1) is 5.41 Å². The van der Waals surface area contributed by atoms with E-state index in [1.54, 1.807) is 23.7 Å². The first-order valence-electron chi connectivity index (χ1n) is 9.13. The molecule has 3 aromatic heterocycles. The van der Waals surface area contributed by atoms with Crippen LogP contribution in [0.2, 0.25) is 0 Å². The summed E-state index contributed by atoms with van der Waals surface area (Å²) in [7, 11) is 1.49. The van der Waals surface area contributed by atoms with Crippen molar-refractivity contribution in [2.24, 2.45) is 16.3 Å². The van der Waals surface area contributed by atoms with Gasteiger partial charge < -0.3 is 20.6 Å². The topological polar surface area (TPSA) is 136 Å². The van der Waals surface area contributed by atoms with E-state index in [9.17, 15) is 14.7 Å².